The zero-order valence-electron chi connectivity index (χ0n) is 11.6. The molecule has 5 nitrogen and oxygen atoms in total. The van der Waals surface area contributed by atoms with Gasteiger partial charge in [0.05, 0.1) is 18.8 Å². The van der Waals surface area contributed by atoms with E-state index in [0.29, 0.717) is 34.6 Å². The Morgan fingerprint density at radius 2 is 1.63 bits per heavy atom. The molecule has 0 aromatic carbocycles. The van der Waals surface area contributed by atoms with E-state index in [2.05, 4.69) is 15.9 Å². The van der Waals surface area contributed by atoms with E-state index >= 15 is 0 Å². The first kappa shape index (κ1) is 15.8. The van der Waals surface area contributed by atoms with Crippen molar-refractivity contribution in [3.63, 3.8) is 0 Å². The predicted molar refractivity (Wildman–Crippen MR) is 74.5 cm³/mol. The normalized spacial score (nSPS) is 10.4. The van der Waals surface area contributed by atoms with Gasteiger partial charge in [0.1, 0.15) is 10.3 Å². The van der Waals surface area contributed by atoms with Crippen LogP contribution in [0.4, 0.5) is 0 Å². The molecule has 0 unspecified atom stereocenters. The zero-order valence-corrected chi connectivity index (χ0v) is 13.2. The first-order valence-corrected chi connectivity index (χ1v) is 7.01. The highest BCUT2D eigenvalue weighted by atomic mass is 79.9. The SMILES string of the molecule is CCOC(=O)c1c(C)c(C(=O)OCC)n(CC)c1Br. The van der Waals surface area contributed by atoms with Crippen molar-refractivity contribution in [2.45, 2.75) is 34.2 Å². The fraction of sp³-hybridized carbons (Fsp3) is 0.538. The van der Waals surface area contributed by atoms with Gasteiger partial charge in [0.25, 0.3) is 0 Å². The number of hydrogen-bond donors (Lipinski definition) is 0. The van der Waals surface area contributed by atoms with E-state index in [1.165, 1.54) is 0 Å². The second-order valence-corrected chi connectivity index (χ2v) is 4.58. The molecule has 0 atom stereocenters. The van der Waals surface area contributed by atoms with Crippen molar-refractivity contribution in [3.8, 4) is 0 Å². The molecule has 1 aromatic rings. The van der Waals surface area contributed by atoms with E-state index in [0.717, 1.165) is 0 Å². The summed E-state index contributed by atoms with van der Waals surface area (Å²) in [6.45, 7) is 8.22. The van der Waals surface area contributed by atoms with Crippen molar-refractivity contribution in [2.24, 2.45) is 0 Å². The number of esters is 2. The molecule has 0 aliphatic rings. The number of rotatable bonds is 5. The summed E-state index contributed by atoms with van der Waals surface area (Å²) in [7, 11) is 0. The van der Waals surface area contributed by atoms with Crippen LogP contribution in [-0.2, 0) is 16.0 Å². The molecule has 106 valence electrons. The smallest absolute Gasteiger partial charge is 0.355 e. The van der Waals surface area contributed by atoms with Gasteiger partial charge in [0.15, 0.2) is 0 Å². The monoisotopic (exact) mass is 331 g/mol. The number of carbonyl (C=O) groups is 2. The van der Waals surface area contributed by atoms with E-state index in [4.69, 9.17) is 9.47 Å². The Labute approximate surface area is 121 Å². The molecule has 0 aliphatic carbocycles. The fourth-order valence-electron chi connectivity index (χ4n) is 1.91. The summed E-state index contributed by atoms with van der Waals surface area (Å²) in [6.07, 6.45) is 0. The molecule has 0 saturated heterocycles. The minimum absolute atomic E-state index is 0.288. The molecule has 1 heterocycles. The Balaban J connectivity index is 3.36. The number of halogens is 1. The Hall–Kier alpha value is -1.30. The van der Waals surface area contributed by atoms with Gasteiger partial charge in [-0.3, -0.25) is 0 Å². The minimum atomic E-state index is -0.440. The maximum atomic E-state index is 12.0. The van der Waals surface area contributed by atoms with E-state index < -0.39 is 11.9 Å². The van der Waals surface area contributed by atoms with Crippen molar-refractivity contribution in [1.29, 1.82) is 0 Å². The molecule has 0 amide bonds. The number of hydrogen-bond acceptors (Lipinski definition) is 4. The third-order valence-corrected chi connectivity index (χ3v) is 3.53. The van der Waals surface area contributed by atoms with E-state index in [9.17, 15) is 9.59 Å². The quantitative estimate of drug-likeness (QED) is 0.778. The van der Waals surface area contributed by atoms with E-state index in [1.54, 1.807) is 25.3 Å². The molecule has 0 N–H and O–H groups in total. The fourth-order valence-corrected chi connectivity index (χ4v) is 2.80. The van der Waals surface area contributed by atoms with Gasteiger partial charge in [-0.25, -0.2) is 9.59 Å². The van der Waals surface area contributed by atoms with Gasteiger partial charge in [0, 0.05) is 6.54 Å². The Morgan fingerprint density at radius 3 is 2.11 bits per heavy atom. The van der Waals surface area contributed by atoms with Crippen LogP contribution in [0.2, 0.25) is 0 Å². The first-order chi connectivity index (χ1) is 8.99. The average molecular weight is 332 g/mol. The number of carbonyl (C=O) groups excluding carboxylic acids is 2. The third-order valence-electron chi connectivity index (χ3n) is 2.71. The summed E-state index contributed by atoms with van der Waals surface area (Å²) in [6, 6.07) is 0. The Kier molecular flexibility index (Phi) is 5.60. The lowest BCUT2D eigenvalue weighted by Gasteiger charge is -2.07. The summed E-state index contributed by atoms with van der Waals surface area (Å²) < 4.78 is 12.3. The highest BCUT2D eigenvalue weighted by Crippen LogP contribution is 2.28. The molecular formula is C13H18BrNO4. The van der Waals surface area contributed by atoms with Gasteiger partial charge >= 0.3 is 11.9 Å². The Bertz CT molecular complexity index is 493. The van der Waals surface area contributed by atoms with Crippen LogP contribution in [0.5, 0.6) is 0 Å². The summed E-state index contributed by atoms with van der Waals surface area (Å²) >= 11 is 3.36. The second kappa shape index (κ2) is 6.75. The lowest BCUT2D eigenvalue weighted by atomic mass is 10.1. The van der Waals surface area contributed by atoms with Gasteiger partial charge < -0.3 is 14.0 Å². The standard InChI is InChI=1S/C13H18BrNO4/c1-5-15-10(13(17)19-7-3)8(4)9(11(15)14)12(16)18-6-2/h5-7H2,1-4H3. The van der Waals surface area contributed by atoms with Gasteiger partial charge in [-0.05, 0) is 49.2 Å². The van der Waals surface area contributed by atoms with Crippen molar-refractivity contribution in [3.05, 3.63) is 21.4 Å². The van der Waals surface area contributed by atoms with Gasteiger partial charge in [0.2, 0.25) is 0 Å². The maximum Gasteiger partial charge on any atom is 0.355 e. The average Bonchev–Trinajstić information content (AvgIpc) is 2.60. The summed E-state index contributed by atoms with van der Waals surface area (Å²) in [5, 5.41) is 0. The van der Waals surface area contributed by atoms with Crippen molar-refractivity contribution in [2.75, 3.05) is 13.2 Å². The molecule has 0 fully saturated rings. The van der Waals surface area contributed by atoms with Crippen LogP contribution < -0.4 is 0 Å². The molecule has 1 aromatic heterocycles. The first-order valence-electron chi connectivity index (χ1n) is 6.22. The van der Waals surface area contributed by atoms with Crippen molar-refractivity contribution < 1.29 is 19.1 Å². The highest BCUT2D eigenvalue weighted by molar-refractivity contribution is 9.10. The van der Waals surface area contributed by atoms with Crippen molar-refractivity contribution >= 4 is 27.9 Å². The molecule has 1 rings (SSSR count). The van der Waals surface area contributed by atoms with E-state index in [1.807, 2.05) is 6.92 Å². The number of ether oxygens (including phenoxy) is 2. The predicted octanol–water partition coefficient (Wildman–Crippen LogP) is 2.93. The lowest BCUT2D eigenvalue weighted by Crippen LogP contribution is -2.13. The number of aromatic nitrogens is 1. The largest absolute Gasteiger partial charge is 0.462 e. The van der Waals surface area contributed by atoms with Crippen LogP contribution in [0.3, 0.4) is 0 Å². The topological polar surface area (TPSA) is 57.5 Å². The molecule has 0 bridgehead atoms. The summed E-state index contributed by atoms with van der Waals surface area (Å²) in [5.41, 5.74) is 1.34. The molecule has 0 saturated carbocycles. The summed E-state index contributed by atoms with van der Waals surface area (Å²) in [4.78, 5) is 23.9. The van der Waals surface area contributed by atoms with Gasteiger partial charge in [-0.2, -0.15) is 0 Å². The van der Waals surface area contributed by atoms with Crippen LogP contribution in [0, 0.1) is 6.92 Å². The molecule has 0 spiro atoms. The molecule has 19 heavy (non-hydrogen) atoms. The van der Waals surface area contributed by atoms with Gasteiger partial charge in [-0.1, -0.05) is 0 Å². The highest BCUT2D eigenvalue weighted by Gasteiger charge is 2.28. The zero-order chi connectivity index (χ0) is 14.6. The molecular weight excluding hydrogens is 314 g/mol. The number of nitrogens with zero attached hydrogens (tertiary/aromatic N) is 1. The molecule has 0 radical (unpaired) electrons. The van der Waals surface area contributed by atoms with Crippen LogP contribution in [0.1, 0.15) is 47.2 Å². The molecule has 6 heteroatoms. The Morgan fingerprint density at radius 1 is 1.11 bits per heavy atom. The second-order valence-electron chi connectivity index (χ2n) is 3.82. The van der Waals surface area contributed by atoms with Crippen molar-refractivity contribution in [1.82, 2.24) is 4.57 Å². The summed E-state index contributed by atoms with van der Waals surface area (Å²) in [5.74, 6) is -0.872. The minimum Gasteiger partial charge on any atom is -0.462 e. The van der Waals surface area contributed by atoms with E-state index in [-0.39, 0.29) is 6.61 Å². The van der Waals surface area contributed by atoms with Crippen LogP contribution in [-0.4, -0.2) is 29.7 Å². The third kappa shape index (κ3) is 3.00. The molecule has 0 aliphatic heterocycles. The lowest BCUT2D eigenvalue weighted by molar-refractivity contribution is 0.0511. The van der Waals surface area contributed by atoms with Crippen LogP contribution in [0.15, 0.2) is 4.60 Å². The van der Waals surface area contributed by atoms with Crippen LogP contribution >= 0.6 is 15.9 Å². The maximum absolute atomic E-state index is 12.0. The van der Waals surface area contributed by atoms with Crippen LogP contribution in [0.25, 0.3) is 0 Å². The van der Waals surface area contributed by atoms with Gasteiger partial charge in [-0.15, -0.1) is 0 Å².